The summed E-state index contributed by atoms with van der Waals surface area (Å²) in [5.41, 5.74) is -1.24. The first kappa shape index (κ1) is 23.0. The van der Waals surface area contributed by atoms with Gasteiger partial charge in [0.15, 0.2) is 0 Å². The van der Waals surface area contributed by atoms with Crippen molar-refractivity contribution < 1.29 is 33.0 Å². The predicted molar refractivity (Wildman–Crippen MR) is 114 cm³/mol. The summed E-state index contributed by atoms with van der Waals surface area (Å²) < 4.78 is 21.8. The van der Waals surface area contributed by atoms with Crippen LogP contribution in [0.1, 0.15) is 64.5 Å². The fraction of sp³-hybridized carbons (Fsp3) is 0.720. The Morgan fingerprint density at radius 1 is 1.19 bits per heavy atom. The fourth-order valence-electron chi connectivity index (χ4n) is 7.17. The number of furan rings is 1. The van der Waals surface area contributed by atoms with Crippen LogP contribution < -0.4 is 0 Å². The van der Waals surface area contributed by atoms with Crippen molar-refractivity contribution in [2.75, 3.05) is 20.8 Å². The quantitative estimate of drug-likeness (QED) is 0.629. The normalized spacial score (nSPS) is 41.4. The zero-order valence-electron chi connectivity index (χ0n) is 19.6. The van der Waals surface area contributed by atoms with Gasteiger partial charge in [-0.3, -0.25) is 14.4 Å². The number of carbonyl (C=O) groups is 3. The van der Waals surface area contributed by atoms with Gasteiger partial charge in [-0.2, -0.15) is 0 Å². The number of Topliss-reactive ketones (excluding diaryl/α,β-unsaturated/α-hetero) is 1. The van der Waals surface area contributed by atoms with E-state index in [1.165, 1.54) is 7.11 Å². The summed E-state index contributed by atoms with van der Waals surface area (Å²) >= 11 is 0. The van der Waals surface area contributed by atoms with Crippen LogP contribution in [-0.4, -0.2) is 38.5 Å². The van der Waals surface area contributed by atoms with Gasteiger partial charge in [-0.05, 0) is 49.0 Å². The lowest BCUT2D eigenvalue weighted by Crippen LogP contribution is -2.66. The Hall–Kier alpha value is -2.15. The van der Waals surface area contributed by atoms with Crippen LogP contribution in [0.5, 0.6) is 0 Å². The first-order chi connectivity index (χ1) is 15.2. The molecule has 3 fully saturated rings. The van der Waals surface area contributed by atoms with Crippen LogP contribution in [0.15, 0.2) is 23.0 Å². The van der Waals surface area contributed by atoms with E-state index in [1.807, 2.05) is 20.8 Å². The van der Waals surface area contributed by atoms with Gasteiger partial charge in [-0.1, -0.05) is 20.8 Å². The maximum absolute atomic E-state index is 14.3. The molecule has 1 saturated heterocycles. The molecule has 0 spiro atoms. The minimum atomic E-state index is -0.783. The minimum absolute atomic E-state index is 0.109. The van der Waals surface area contributed by atoms with Gasteiger partial charge in [0.1, 0.15) is 11.9 Å². The summed E-state index contributed by atoms with van der Waals surface area (Å²) in [5.74, 6) is -1.75. The minimum Gasteiger partial charge on any atom is -0.472 e. The van der Waals surface area contributed by atoms with Crippen molar-refractivity contribution in [2.24, 2.45) is 34.0 Å². The molecular weight excluding hydrogens is 412 g/mol. The summed E-state index contributed by atoms with van der Waals surface area (Å²) in [6.45, 7) is 6.30. The molecule has 0 radical (unpaired) electrons. The third-order valence-corrected chi connectivity index (χ3v) is 8.93. The Bertz CT molecular complexity index is 892. The molecule has 2 saturated carbocycles. The monoisotopic (exact) mass is 446 g/mol. The van der Waals surface area contributed by atoms with E-state index in [1.54, 1.807) is 25.7 Å². The molecule has 0 bridgehead atoms. The second kappa shape index (κ2) is 8.01. The van der Waals surface area contributed by atoms with Gasteiger partial charge >= 0.3 is 11.9 Å². The number of ether oxygens (including phenoxy) is 3. The number of ketones is 1. The molecule has 2 heterocycles. The Morgan fingerprint density at radius 2 is 1.94 bits per heavy atom. The summed E-state index contributed by atoms with van der Waals surface area (Å²) in [6, 6.07) is 1.80. The average molecular weight is 447 g/mol. The van der Waals surface area contributed by atoms with Crippen molar-refractivity contribution in [3.8, 4) is 0 Å². The number of methoxy groups -OCH3 is 2. The Labute approximate surface area is 189 Å². The Balaban J connectivity index is 1.85. The first-order valence-corrected chi connectivity index (χ1v) is 11.5. The molecule has 0 unspecified atom stereocenters. The van der Waals surface area contributed by atoms with Gasteiger partial charge in [-0.25, -0.2) is 0 Å². The number of esters is 2. The molecule has 0 aromatic carbocycles. The molecule has 1 aromatic heterocycles. The third kappa shape index (κ3) is 3.15. The highest BCUT2D eigenvalue weighted by molar-refractivity contribution is 5.93. The van der Waals surface area contributed by atoms with E-state index in [4.69, 9.17) is 18.6 Å². The van der Waals surface area contributed by atoms with Crippen LogP contribution in [0.3, 0.4) is 0 Å². The molecule has 1 aliphatic heterocycles. The summed E-state index contributed by atoms with van der Waals surface area (Å²) in [7, 11) is 2.99. The lowest BCUT2D eigenvalue weighted by molar-refractivity contribution is -0.211. The number of hydrogen-bond donors (Lipinski definition) is 0. The second-order valence-electron chi connectivity index (χ2n) is 10.4. The van der Waals surface area contributed by atoms with Gasteiger partial charge in [0.2, 0.25) is 0 Å². The van der Waals surface area contributed by atoms with Crippen molar-refractivity contribution in [3.05, 3.63) is 24.2 Å². The molecule has 7 heteroatoms. The molecule has 7 nitrogen and oxygen atoms in total. The zero-order valence-corrected chi connectivity index (χ0v) is 19.6. The number of carbonyl (C=O) groups excluding carboxylic acids is 3. The number of hydrogen-bond acceptors (Lipinski definition) is 7. The highest BCUT2D eigenvalue weighted by atomic mass is 16.5. The smallest absolute Gasteiger partial charge is 0.310 e. The molecule has 7 atom stereocenters. The highest BCUT2D eigenvalue weighted by Gasteiger charge is 2.69. The fourth-order valence-corrected chi connectivity index (χ4v) is 7.17. The molecule has 3 aliphatic rings. The molecule has 32 heavy (non-hydrogen) atoms. The van der Waals surface area contributed by atoms with E-state index >= 15 is 0 Å². The topological polar surface area (TPSA) is 92.0 Å². The highest BCUT2D eigenvalue weighted by Crippen LogP contribution is 2.67. The van der Waals surface area contributed by atoms with Crippen molar-refractivity contribution in [2.45, 2.75) is 59.0 Å². The van der Waals surface area contributed by atoms with E-state index in [9.17, 15) is 14.4 Å². The second-order valence-corrected chi connectivity index (χ2v) is 10.4. The van der Waals surface area contributed by atoms with E-state index in [2.05, 4.69) is 0 Å². The maximum Gasteiger partial charge on any atom is 0.310 e. The van der Waals surface area contributed by atoms with Crippen molar-refractivity contribution in [1.82, 2.24) is 0 Å². The molecule has 4 rings (SSSR count). The number of cyclic esters (lactones) is 1. The van der Waals surface area contributed by atoms with E-state index in [0.29, 0.717) is 32.1 Å². The third-order valence-electron chi connectivity index (χ3n) is 8.93. The van der Waals surface area contributed by atoms with Crippen LogP contribution in [0, 0.1) is 34.0 Å². The summed E-state index contributed by atoms with van der Waals surface area (Å²) in [4.78, 5) is 40.5. The van der Waals surface area contributed by atoms with Crippen LogP contribution in [-0.2, 0) is 28.6 Å². The van der Waals surface area contributed by atoms with Crippen LogP contribution >= 0.6 is 0 Å². The van der Waals surface area contributed by atoms with E-state index in [0.717, 1.165) is 5.56 Å². The SMILES string of the molecule is CC[C@]1(COC)C[C@@H](C(=O)OC)[C@]2(C)CC[C@H]3C(=O)O[C@H](c4ccoc4)C[C@]3(C)[C@H]2C1=O. The molecule has 0 amide bonds. The maximum atomic E-state index is 14.3. The standard InChI is InChI=1S/C25H34O7/c1-6-25(14-29-4)11-17(21(27)30-5)23(2)9-7-16-22(28)32-18(15-8-10-31-13-15)12-24(16,3)19(23)20(25)26/h8,10,13,16-19H,6-7,9,11-12,14H2,1-5H3/t16-,17-,18-,19-,23-,24-,25+/m0/s1. The summed E-state index contributed by atoms with van der Waals surface area (Å²) in [5, 5.41) is 0. The average Bonchev–Trinajstić information content (AvgIpc) is 3.29. The largest absolute Gasteiger partial charge is 0.472 e. The Kier molecular flexibility index (Phi) is 5.76. The Morgan fingerprint density at radius 3 is 2.53 bits per heavy atom. The molecule has 176 valence electrons. The van der Waals surface area contributed by atoms with Crippen LogP contribution in [0.2, 0.25) is 0 Å². The van der Waals surface area contributed by atoms with Crippen LogP contribution in [0.4, 0.5) is 0 Å². The van der Waals surface area contributed by atoms with Crippen molar-refractivity contribution in [1.29, 1.82) is 0 Å². The predicted octanol–water partition coefficient (Wildman–Crippen LogP) is 4.11. The molecule has 1 aromatic rings. The van der Waals surface area contributed by atoms with Gasteiger partial charge in [-0.15, -0.1) is 0 Å². The van der Waals surface area contributed by atoms with Crippen molar-refractivity contribution in [3.63, 3.8) is 0 Å². The molecule has 2 aliphatic carbocycles. The van der Waals surface area contributed by atoms with Crippen LogP contribution in [0.25, 0.3) is 0 Å². The van der Waals surface area contributed by atoms with Gasteiger partial charge < -0.3 is 18.6 Å². The number of fused-ring (bicyclic) bond motifs is 3. The number of rotatable bonds is 5. The first-order valence-electron chi connectivity index (χ1n) is 11.5. The lowest BCUT2D eigenvalue weighted by atomic mass is 9.40. The molecular formula is C25H34O7. The lowest BCUT2D eigenvalue weighted by Gasteiger charge is -2.63. The van der Waals surface area contributed by atoms with E-state index < -0.39 is 34.2 Å². The molecule has 0 N–H and O–H groups in total. The van der Waals surface area contributed by atoms with Gasteiger partial charge in [0, 0.05) is 18.6 Å². The van der Waals surface area contributed by atoms with E-state index in [-0.39, 0.29) is 30.2 Å². The summed E-state index contributed by atoms with van der Waals surface area (Å²) in [6.07, 6.45) is 5.34. The van der Waals surface area contributed by atoms with Gasteiger partial charge in [0.25, 0.3) is 0 Å². The zero-order chi connectivity index (χ0) is 23.3. The van der Waals surface area contributed by atoms with Gasteiger partial charge in [0.05, 0.1) is 43.5 Å². The van der Waals surface area contributed by atoms with Crippen molar-refractivity contribution >= 4 is 17.7 Å².